The van der Waals surface area contributed by atoms with Crippen molar-refractivity contribution >= 4 is 23.4 Å². The lowest BCUT2D eigenvalue weighted by atomic mass is 10.2. The number of nitrogens with zero attached hydrogens (tertiary/aromatic N) is 3. The molecule has 112 valence electrons. The van der Waals surface area contributed by atoms with Gasteiger partial charge in [0.05, 0.1) is 0 Å². The van der Waals surface area contributed by atoms with E-state index in [1.807, 2.05) is 44.4 Å². The third kappa shape index (κ3) is 5.57. The fourth-order valence-corrected chi connectivity index (χ4v) is 1.86. The Hall–Kier alpha value is -1.85. The number of halogens is 1. The molecule has 0 radical (unpaired) electrons. The summed E-state index contributed by atoms with van der Waals surface area (Å²) in [5.41, 5.74) is 1.13. The Kier molecular flexibility index (Phi) is 5.78. The van der Waals surface area contributed by atoms with Crippen molar-refractivity contribution in [1.29, 1.82) is 0 Å². The zero-order valence-electron chi connectivity index (χ0n) is 12.3. The summed E-state index contributed by atoms with van der Waals surface area (Å²) < 4.78 is 0. The Morgan fingerprint density at radius 3 is 2.57 bits per heavy atom. The molecule has 0 aliphatic rings. The summed E-state index contributed by atoms with van der Waals surface area (Å²) in [6, 6.07) is 9.57. The van der Waals surface area contributed by atoms with Crippen LogP contribution in [0.5, 0.6) is 0 Å². The van der Waals surface area contributed by atoms with Crippen LogP contribution in [0.4, 0.5) is 11.8 Å². The molecule has 0 unspecified atom stereocenters. The van der Waals surface area contributed by atoms with Gasteiger partial charge in [0, 0.05) is 30.9 Å². The number of rotatable bonds is 7. The highest BCUT2D eigenvalue weighted by molar-refractivity contribution is 6.30. The molecule has 2 N–H and O–H groups in total. The van der Waals surface area contributed by atoms with E-state index in [1.54, 1.807) is 6.20 Å². The van der Waals surface area contributed by atoms with E-state index in [0.717, 1.165) is 29.5 Å². The molecule has 5 nitrogen and oxygen atoms in total. The summed E-state index contributed by atoms with van der Waals surface area (Å²) in [6.07, 6.45) is 1.75. The van der Waals surface area contributed by atoms with Crippen molar-refractivity contribution in [3.8, 4) is 0 Å². The molecule has 0 amide bonds. The summed E-state index contributed by atoms with van der Waals surface area (Å²) in [5, 5.41) is 7.21. The number of aromatic nitrogens is 2. The van der Waals surface area contributed by atoms with E-state index < -0.39 is 0 Å². The molecule has 2 aromatic rings. The second kappa shape index (κ2) is 7.81. The molecule has 21 heavy (non-hydrogen) atoms. The number of hydrogen-bond acceptors (Lipinski definition) is 5. The normalized spacial score (nSPS) is 10.7. The van der Waals surface area contributed by atoms with Crippen molar-refractivity contribution in [2.45, 2.75) is 6.54 Å². The quantitative estimate of drug-likeness (QED) is 0.824. The van der Waals surface area contributed by atoms with Gasteiger partial charge in [0.2, 0.25) is 5.95 Å². The van der Waals surface area contributed by atoms with Crippen molar-refractivity contribution in [2.75, 3.05) is 37.8 Å². The lowest BCUT2D eigenvalue weighted by Crippen LogP contribution is -2.21. The van der Waals surface area contributed by atoms with Crippen LogP contribution in [-0.4, -0.2) is 42.1 Å². The van der Waals surface area contributed by atoms with Gasteiger partial charge in [-0.15, -0.1) is 0 Å². The van der Waals surface area contributed by atoms with E-state index in [1.165, 1.54) is 0 Å². The Balaban J connectivity index is 1.87. The molecular weight excluding hydrogens is 286 g/mol. The van der Waals surface area contributed by atoms with Crippen LogP contribution in [0.3, 0.4) is 0 Å². The second-order valence-electron chi connectivity index (χ2n) is 4.98. The first-order valence-corrected chi connectivity index (χ1v) is 7.21. The Bertz CT molecular complexity index is 556. The average Bonchev–Trinajstić information content (AvgIpc) is 2.47. The minimum atomic E-state index is 0.611. The van der Waals surface area contributed by atoms with Gasteiger partial charge in [-0.3, -0.25) is 0 Å². The third-order valence-electron chi connectivity index (χ3n) is 2.88. The molecule has 0 aliphatic heterocycles. The molecule has 0 bridgehead atoms. The first-order chi connectivity index (χ1) is 10.1. The molecule has 0 aliphatic carbocycles. The smallest absolute Gasteiger partial charge is 0.224 e. The van der Waals surface area contributed by atoms with Crippen LogP contribution in [0.1, 0.15) is 5.56 Å². The Labute approximate surface area is 130 Å². The van der Waals surface area contributed by atoms with Crippen molar-refractivity contribution < 1.29 is 0 Å². The van der Waals surface area contributed by atoms with E-state index in [-0.39, 0.29) is 0 Å². The van der Waals surface area contributed by atoms with Crippen molar-refractivity contribution in [2.24, 2.45) is 0 Å². The highest BCUT2D eigenvalue weighted by Crippen LogP contribution is 2.11. The number of hydrogen-bond donors (Lipinski definition) is 2. The molecule has 1 aromatic heterocycles. The lowest BCUT2D eigenvalue weighted by molar-refractivity contribution is 0.425. The van der Waals surface area contributed by atoms with E-state index in [2.05, 4.69) is 25.5 Å². The average molecular weight is 306 g/mol. The highest BCUT2D eigenvalue weighted by Gasteiger charge is 2.00. The molecule has 0 saturated carbocycles. The molecule has 0 spiro atoms. The van der Waals surface area contributed by atoms with Gasteiger partial charge in [0.15, 0.2) is 0 Å². The van der Waals surface area contributed by atoms with Gasteiger partial charge < -0.3 is 15.5 Å². The molecular formula is C15H20ClN5. The first-order valence-electron chi connectivity index (χ1n) is 6.83. The monoisotopic (exact) mass is 305 g/mol. The van der Waals surface area contributed by atoms with Crippen LogP contribution < -0.4 is 10.6 Å². The fourth-order valence-electron chi connectivity index (χ4n) is 1.73. The van der Waals surface area contributed by atoms with Gasteiger partial charge in [-0.25, -0.2) is 4.98 Å². The van der Waals surface area contributed by atoms with Crippen LogP contribution in [0, 0.1) is 0 Å². The maximum Gasteiger partial charge on any atom is 0.224 e. The minimum absolute atomic E-state index is 0.611. The predicted molar refractivity (Wildman–Crippen MR) is 87.9 cm³/mol. The summed E-state index contributed by atoms with van der Waals surface area (Å²) >= 11 is 5.86. The topological polar surface area (TPSA) is 53.1 Å². The van der Waals surface area contributed by atoms with E-state index in [4.69, 9.17) is 11.6 Å². The zero-order valence-corrected chi connectivity index (χ0v) is 13.1. The van der Waals surface area contributed by atoms with Crippen molar-refractivity contribution in [3.05, 3.63) is 47.1 Å². The molecule has 0 saturated heterocycles. The summed E-state index contributed by atoms with van der Waals surface area (Å²) in [7, 11) is 4.08. The highest BCUT2D eigenvalue weighted by atomic mass is 35.5. The third-order valence-corrected chi connectivity index (χ3v) is 3.14. The number of anilines is 2. The molecule has 1 aromatic carbocycles. The van der Waals surface area contributed by atoms with E-state index in [9.17, 15) is 0 Å². The van der Waals surface area contributed by atoms with Gasteiger partial charge in [0.1, 0.15) is 5.82 Å². The van der Waals surface area contributed by atoms with Gasteiger partial charge in [-0.05, 0) is 37.9 Å². The zero-order chi connectivity index (χ0) is 15.1. The van der Waals surface area contributed by atoms with Gasteiger partial charge in [-0.2, -0.15) is 4.98 Å². The molecule has 1 heterocycles. The van der Waals surface area contributed by atoms with Gasteiger partial charge in [0.25, 0.3) is 0 Å². The summed E-state index contributed by atoms with van der Waals surface area (Å²) in [5.74, 6) is 1.44. The van der Waals surface area contributed by atoms with Crippen LogP contribution in [0.2, 0.25) is 5.02 Å². The Morgan fingerprint density at radius 2 is 1.86 bits per heavy atom. The van der Waals surface area contributed by atoms with E-state index >= 15 is 0 Å². The van der Waals surface area contributed by atoms with Crippen LogP contribution in [-0.2, 0) is 6.54 Å². The summed E-state index contributed by atoms with van der Waals surface area (Å²) in [4.78, 5) is 10.8. The van der Waals surface area contributed by atoms with Crippen LogP contribution in [0.25, 0.3) is 0 Å². The van der Waals surface area contributed by atoms with Crippen LogP contribution >= 0.6 is 11.6 Å². The lowest BCUT2D eigenvalue weighted by Gasteiger charge is -2.11. The number of benzene rings is 1. The SMILES string of the molecule is CN(C)CCNc1ccnc(NCc2ccc(Cl)cc2)n1. The van der Waals surface area contributed by atoms with Crippen molar-refractivity contribution in [3.63, 3.8) is 0 Å². The summed E-state index contributed by atoms with van der Waals surface area (Å²) in [6.45, 7) is 2.47. The maximum atomic E-state index is 5.86. The minimum Gasteiger partial charge on any atom is -0.369 e. The second-order valence-corrected chi connectivity index (χ2v) is 5.41. The number of likely N-dealkylation sites (N-methyl/N-ethyl adjacent to an activating group) is 1. The van der Waals surface area contributed by atoms with E-state index in [0.29, 0.717) is 12.5 Å². The molecule has 0 atom stereocenters. The van der Waals surface area contributed by atoms with Crippen LogP contribution in [0.15, 0.2) is 36.5 Å². The largest absolute Gasteiger partial charge is 0.369 e. The Morgan fingerprint density at radius 1 is 1.10 bits per heavy atom. The van der Waals surface area contributed by atoms with Gasteiger partial charge >= 0.3 is 0 Å². The molecule has 0 fully saturated rings. The fraction of sp³-hybridized carbons (Fsp3) is 0.333. The maximum absolute atomic E-state index is 5.86. The molecule has 6 heteroatoms. The number of nitrogens with one attached hydrogen (secondary N) is 2. The predicted octanol–water partition coefficient (Wildman–Crippen LogP) is 2.72. The standard InChI is InChI=1S/C15H20ClN5/c1-21(2)10-9-17-14-7-8-18-15(20-14)19-11-12-3-5-13(16)6-4-12/h3-8H,9-11H2,1-2H3,(H2,17,18,19,20). The first kappa shape index (κ1) is 15.5. The molecule has 2 rings (SSSR count). The van der Waals surface area contributed by atoms with Gasteiger partial charge in [-0.1, -0.05) is 23.7 Å². The van der Waals surface area contributed by atoms with Crippen molar-refractivity contribution in [1.82, 2.24) is 14.9 Å².